The molecule has 0 aliphatic heterocycles. The van der Waals surface area contributed by atoms with Crippen LogP contribution < -0.4 is 5.32 Å². The van der Waals surface area contributed by atoms with E-state index in [-0.39, 0.29) is 5.97 Å². The van der Waals surface area contributed by atoms with Crippen molar-refractivity contribution in [3.8, 4) is 0 Å². The number of nitrogens with one attached hydrogen (secondary N) is 1. The summed E-state index contributed by atoms with van der Waals surface area (Å²) >= 11 is 0. The molecule has 1 fully saturated rings. The Morgan fingerprint density at radius 2 is 2.10 bits per heavy atom. The first kappa shape index (κ1) is 16.0. The number of ether oxygens (including phenoxy) is 1. The largest absolute Gasteiger partial charge is 0.465 e. The van der Waals surface area contributed by atoms with Gasteiger partial charge in [0.1, 0.15) is 6.04 Å². The minimum absolute atomic E-state index is 0.197. The van der Waals surface area contributed by atoms with Crippen LogP contribution in [0.15, 0.2) is 12.4 Å². The van der Waals surface area contributed by atoms with Crippen LogP contribution in [0.1, 0.15) is 64.0 Å². The molecule has 0 amide bonds. The van der Waals surface area contributed by atoms with Gasteiger partial charge in [0.15, 0.2) is 0 Å². The number of carbonyl (C=O) groups is 1. The van der Waals surface area contributed by atoms with Crippen molar-refractivity contribution < 1.29 is 9.53 Å². The van der Waals surface area contributed by atoms with E-state index in [1.807, 2.05) is 24.7 Å². The predicted molar refractivity (Wildman–Crippen MR) is 81.9 cm³/mol. The van der Waals surface area contributed by atoms with Gasteiger partial charge >= 0.3 is 5.97 Å². The van der Waals surface area contributed by atoms with E-state index in [1.165, 1.54) is 25.7 Å². The Hall–Kier alpha value is -1.36. The maximum absolute atomic E-state index is 12.3. The SMILES string of the molecule is CCOC(=O)C(NC1CCCCCC1)c1cnn(CC)c1. The molecule has 2 rings (SSSR count). The zero-order chi connectivity index (χ0) is 15.1. The van der Waals surface area contributed by atoms with Gasteiger partial charge in [-0.25, -0.2) is 4.79 Å². The third-order valence-electron chi connectivity index (χ3n) is 4.09. The summed E-state index contributed by atoms with van der Waals surface area (Å²) in [6.45, 7) is 5.09. The maximum atomic E-state index is 12.3. The fraction of sp³-hybridized carbons (Fsp3) is 0.750. The summed E-state index contributed by atoms with van der Waals surface area (Å²) in [5.41, 5.74) is 0.902. The molecule has 1 atom stereocenters. The Morgan fingerprint density at radius 1 is 1.38 bits per heavy atom. The standard InChI is InChI=1S/C16H27N3O2/c1-3-19-12-13(11-17-19)15(16(20)21-4-2)18-14-9-7-5-6-8-10-14/h11-12,14-15,18H,3-10H2,1-2H3. The van der Waals surface area contributed by atoms with Gasteiger partial charge in [-0.05, 0) is 26.7 Å². The number of aromatic nitrogens is 2. The molecule has 1 aliphatic rings. The maximum Gasteiger partial charge on any atom is 0.327 e. The van der Waals surface area contributed by atoms with Gasteiger partial charge in [-0.1, -0.05) is 25.7 Å². The fourth-order valence-corrected chi connectivity index (χ4v) is 2.91. The third-order valence-corrected chi connectivity index (χ3v) is 4.09. The minimum atomic E-state index is -0.395. The van der Waals surface area contributed by atoms with E-state index in [0.29, 0.717) is 12.6 Å². The molecule has 1 heterocycles. The molecule has 21 heavy (non-hydrogen) atoms. The molecule has 0 bridgehead atoms. The highest BCUT2D eigenvalue weighted by Gasteiger charge is 2.26. The molecule has 1 unspecified atom stereocenters. The molecule has 1 aliphatic carbocycles. The average molecular weight is 293 g/mol. The number of hydrogen-bond acceptors (Lipinski definition) is 4. The second-order valence-electron chi connectivity index (χ2n) is 5.67. The van der Waals surface area contributed by atoms with Gasteiger partial charge in [0.05, 0.1) is 12.8 Å². The second kappa shape index (κ2) is 8.17. The molecule has 5 nitrogen and oxygen atoms in total. The first-order valence-electron chi connectivity index (χ1n) is 8.19. The van der Waals surface area contributed by atoms with Gasteiger partial charge in [0.25, 0.3) is 0 Å². The lowest BCUT2D eigenvalue weighted by atomic mass is 10.1. The first-order chi connectivity index (χ1) is 10.2. The molecule has 1 aromatic heterocycles. The van der Waals surface area contributed by atoms with Gasteiger partial charge in [-0.3, -0.25) is 10.00 Å². The summed E-state index contributed by atoms with van der Waals surface area (Å²) < 4.78 is 7.08. The zero-order valence-electron chi connectivity index (χ0n) is 13.2. The monoisotopic (exact) mass is 293 g/mol. The fourth-order valence-electron chi connectivity index (χ4n) is 2.91. The van der Waals surface area contributed by atoms with E-state index in [1.54, 1.807) is 6.20 Å². The molecule has 0 radical (unpaired) electrons. The zero-order valence-corrected chi connectivity index (χ0v) is 13.2. The quantitative estimate of drug-likeness (QED) is 0.647. The number of nitrogens with zero attached hydrogens (tertiary/aromatic N) is 2. The van der Waals surface area contributed by atoms with E-state index >= 15 is 0 Å². The van der Waals surface area contributed by atoms with Crippen molar-refractivity contribution in [3.63, 3.8) is 0 Å². The summed E-state index contributed by atoms with van der Waals surface area (Å²) in [5, 5.41) is 7.78. The Kier molecular flexibility index (Phi) is 6.23. The van der Waals surface area contributed by atoms with Crippen molar-refractivity contribution in [1.82, 2.24) is 15.1 Å². The lowest BCUT2D eigenvalue weighted by Crippen LogP contribution is -2.37. The molecule has 1 saturated carbocycles. The molecule has 1 aromatic rings. The van der Waals surface area contributed by atoms with E-state index in [2.05, 4.69) is 10.4 Å². The van der Waals surface area contributed by atoms with Crippen molar-refractivity contribution >= 4 is 5.97 Å². The Balaban J connectivity index is 2.09. The van der Waals surface area contributed by atoms with Crippen LogP contribution in [0.5, 0.6) is 0 Å². The van der Waals surface area contributed by atoms with Crippen LogP contribution in [0, 0.1) is 0 Å². The molecule has 0 aromatic carbocycles. The van der Waals surface area contributed by atoms with Gasteiger partial charge in [-0.15, -0.1) is 0 Å². The lowest BCUT2D eigenvalue weighted by Gasteiger charge is -2.23. The Labute approximate surface area is 127 Å². The predicted octanol–water partition coefficient (Wildman–Crippen LogP) is 2.82. The molecule has 118 valence electrons. The number of esters is 1. The van der Waals surface area contributed by atoms with E-state index in [9.17, 15) is 4.79 Å². The molecule has 0 spiro atoms. The third kappa shape index (κ3) is 4.56. The smallest absolute Gasteiger partial charge is 0.327 e. The summed E-state index contributed by atoms with van der Waals surface area (Å²) in [6, 6.07) is 0.000215. The summed E-state index contributed by atoms with van der Waals surface area (Å²) in [7, 11) is 0. The second-order valence-corrected chi connectivity index (χ2v) is 5.67. The molecule has 5 heteroatoms. The van der Waals surface area contributed by atoms with Crippen molar-refractivity contribution in [2.45, 2.75) is 71.0 Å². The molecule has 1 N–H and O–H groups in total. The number of aryl methyl sites for hydroxylation is 1. The molecular weight excluding hydrogens is 266 g/mol. The topological polar surface area (TPSA) is 56.1 Å². The van der Waals surface area contributed by atoms with Crippen LogP contribution in [0.2, 0.25) is 0 Å². The first-order valence-corrected chi connectivity index (χ1v) is 8.19. The highest BCUT2D eigenvalue weighted by Crippen LogP contribution is 2.22. The van der Waals surface area contributed by atoms with Gasteiger partial charge in [0.2, 0.25) is 0 Å². The Bertz CT molecular complexity index is 436. The summed E-state index contributed by atoms with van der Waals surface area (Å²) in [4.78, 5) is 12.3. The van der Waals surface area contributed by atoms with Crippen LogP contribution in [0.4, 0.5) is 0 Å². The summed E-state index contributed by atoms with van der Waals surface area (Å²) in [5.74, 6) is -0.197. The highest BCUT2D eigenvalue weighted by atomic mass is 16.5. The van der Waals surface area contributed by atoms with E-state index in [0.717, 1.165) is 24.9 Å². The van der Waals surface area contributed by atoms with Gasteiger partial charge < -0.3 is 4.74 Å². The van der Waals surface area contributed by atoms with Crippen LogP contribution in [0.25, 0.3) is 0 Å². The van der Waals surface area contributed by atoms with Crippen molar-refractivity contribution in [2.24, 2.45) is 0 Å². The molecule has 0 saturated heterocycles. The average Bonchev–Trinajstić information content (AvgIpc) is 2.81. The van der Waals surface area contributed by atoms with E-state index < -0.39 is 6.04 Å². The van der Waals surface area contributed by atoms with Crippen LogP contribution in [-0.2, 0) is 16.1 Å². The highest BCUT2D eigenvalue weighted by molar-refractivity contribution is 5.77. The number of carbonyl (C=O) groups excluding carboxylic acids is 1. The Morgan fingerprint density at radius 3 is 2.67 bits per heavy atom. The molecular formula is C16H27N3O2. The minimum Gasteiger partial charge on any atom is -0.465 e. The van der Waals surface area contributed by atoms with Crippen LogP contribution in [-0.4, -0.2) is 28.4 Å². The lowest BCUT2D eigenvalue weighted by molar-refractivity contribution is -0.146. The number of hydrogen-bond donors (Lipinski definition) is 1. The summed E-state index contributed by atoms with van der Waals surface area (Å²) in [6.07, 6.45) is 11.1. The van der Waals surface area contributed by atoms with E-state index in [4.69, 9.17) is 4.74 Å². The number of rotatable bonds is 6. The van der Waals surface area contributed by atoms with Crippen molar-refractivity contribution in [1.29, 1.82) is 0 Å². The van der Waals surface area contributed by atoms with Crippen molar-refractivity contribution in [3.05, 3.63) is 18.0 Å². The van der Waals surface area contributed by atoms with Crippen LogP contribution in [0.3, 0.4) is 0 Å². The van der Waals surface area contributed by atoms with Crippen LogP contribution >= 0.6 is 0 Å². The van der Waals surface area contributed by atoms with Gasteiger partial charge in [-0.2, -0.15) is 5.10 Å². The van der Waals surface area contributed by atoms with Crippen molar-refractivity contribution in [2.75, 3.05) is 6.61 Å². The van der Waals surface area contributed by atoms with Gasteiger partial charge in [0, 0.05) is 24.3 Å². The normalized spacial score (nSPS) is 18.2.